The van der Waals surface area contributed by atoms with Crippen molar-refractivity contribution in [2.45, 2.75) is 110 Å². The molecule has 0 aliphatic rings. The maximum atomic E-state index is 5.36. The van der Waals surface area contributed by atoms with Gasteiger partial charge in [0.2, 0.25) is 0 Å². The Morgan fingerprint density at radius 1 is 0.619 bits per heavy atom. The third-order valence-electron chi connectivity index (χ3n) is 4.10. The van der Waals surface area contributed by atoms with Crippen molar-refractivity contribution in [3.8, 4) is 0 Å². The number of ether oxygens (including phenoxy) is 1. The molecule has 0 N–H and O–H groups in total. The summed E-state index contributed by atoms with van der Waals surface area (Å²) in [4.78, 5) is 0. The number of rotatable bonds is 17. The maximum Gasteiger partial charge on any atom is 0.0876 e. The normalized spacial score (nSPS) is 10.8. The third-order valence-corrected chi connectivity index (χ3v) is 4.10. The molecule has 0 unspecified atom stereocenters. The third kappa shape index (κ3) is 19.5. The average molecular weight is 297 g/mol. The van der Waals surface area contributed by atoms with Crippen LogP contribution < -0.4 is 0 Å². The fraction of sp³-hybridized carbons (Fsp3) is 0.900. The van der Waals surface area contributed by atoms with Gasteiger partial charge in [-0.05, 0) is 13.3 Å². The standard InChI is InChI=1S/C20H40O/c1-4-5-6-7-8-9-10-11-12-13-14-15-16-17-18-19-21-20(2)3/h2,4-19H2,1,3H3. The lowest BCUT2D eigenvalue weighted by Gasteiger charge is -2.05. The Hall–Kier alpha value is -0.460. The van der Waals surface area contributed by atoms with Gasteiger partial charge in [0.25, 0.3) is 0 Å². The minimum Gasteiger partial charge on any atom is -0.499 e. The van der Waals surface area contributed by atoms with E-state index in [0.717, 1.165) is 12.4 Å². The van der Waals surface area contributed by atoms with E-state index < -0.39 is 0 Å². The number of allylic oxidation sites excluding steroid dienone is 1. The molecule has 126 valence electrons. The monoisotopic (exact) mass is 296 g/mol. The Kier molecular flexibility index (Phi) is 17.2. The Balaban J connectivity index is 2.95. The maximum absolute atomic E-state index is 5.36. The van der Waals surface area contributed by atoms with Gasteiger partial charge in [0, 0.05) is 0 Å². The minimum atomic E-state index is 0.848. The summed E-state index contributed by atoms with van der Waals surface area (Å²) in [5, 5.41) is 0. The van der Waals surface area contributed by atoms with Gasteiger partial charge in [-0.1, -0.05) is 103 Å². The van der Waals surface area contributed by atoms with Crippen molar-refractivity contribution in [3.63, 3.8) is 0 Å². The van der Waals surface area contributed by atoms with Crippen LogP contribution >= 0.6 is 0 Å². The highest BCUT2D eigenvalue weighted by Gasteiger charge is 1.94. The molecule has 0 atom stereocenters. The zero-order valence-corrected chi connectivity index (χ0v) is 14.9. The van der Waals surface area contributed by atoms with E-state index in [2.05, 4.69) is 13.5 Å². The Labute approximate surface area is 134 Å². The van der Waals surface area contributed by atoms with Gasteiger partial charge in [0.15, 0.2) is 0 Å². The second-order valence-corrected chi connectivity index (χ2v) is 6.50. The molecule has 0 aliphatic heterocycles. The van der Waals surface area contributed by atoms with Gasteiger partial charge in [0.05, 0.1) is 12.4 Å². The van der Waals surface area contributed by atoms with Crippen LogP contribution in [0.25, 0.3) is 0 Å². The van der Waals surface area contributed by atoms with Gasteiger partial charge >= 0.3 is 0 Å². The second-order valence-electron chi connectivity index (χ2n) is 6.50. The molecule has 0 aliphatic carbocycles. The van der Waals surface area contributed by atoms with Crippen LogP contribution in [0.3, 0.4) is 0 Å². The SMILES string of the molecule is C=C(C)OCCCCCCCCCCCCCCCCC. The molecule has 0 saturated carbocycles. The molecule has 0 bridgehead atoms. The van der Waals surface area contributed by atoms with Crippen LogP contribution in [0.15, 0.2) is 12.3 Å². The van der Waals surface area contributed by atoms with E-state index in [4.69, 9.17) is 4.74 Å². The average Bonchev–Trinajstić information content (AvgIpc) is 2.46. The number of hydrogen-bond acceptors (Lipinski definition) is 1. The van der Waals surface area contributed by atoms with Gasteiger partial charge in [-0.15, -0.1) is 0 Å². The summed E-state index contributed by atoms with van der Waals surface area (Å²) in [5.41, 5.74) is 0. The molecule has 0 heterocycles. The summed E-state index contributed by atoms with van der Waals surface area (Å²) in [6, 6.07) is 0. The molecule has 0 radical (unpaired) electrons. The summed E-state index contributed by atoms with van der Waals surface area (Å²) >= 11 is 0. The highest BCUT2D eigenvalue weighted by Crippen LogP contribution is 2.13. The van der Waals surface area contributed by atoms with Crippen molar-refractivity contribution in [2.24, 2.45) is 0 Å². The van der Waals surface area contributed by atoms with E-state index in [0.29, 0.717) is 0 Å². The van der Waals surface area contributed by atoms with Gasteiger partial charge in [0.1, 0.15) is 0 Å². The van der Waals surface area contributed by atoms with E-state index in [1.54, 1.807) is 0 Å². The fourth-order valence-corrected chi connectivity index (χ4v) is 2.72. The van der Waals surface area contributed by atoms with E-state index in [9.17, 15) is 0 Å². The zero-order valence-electron chi connectivity index (χ0n) is 14.9. The number of unbranched alkanes of at least 4 members (excludes halogenated alkanes) is 14. The first-order chi connectivity index (χ1) is 10.3. The zero-order chi connectivity index (χ0) is 15.6. The highest BCUT2D eigenvalue weighted by atomic mass is 16.5. The van der Waals surface area contributed by atoms with E-state index in [-0.39, 0.29) is 0 Å². The lowest BCUT2D eigenvalue weighted by molar-refractivity contribution is 0.208. The Morgan fingerprint density at radius 2 is 0.952 bits per heavy atom. The van der Waals surface area contributed by atoms with Crippen LogP contribution in [0.1, 0.15) is 110 Å². The summed E-state index contributed by atoms with van der Waals surface area (Å²) in [6.45, 7) is 8.80. The van der Waals surface area contributed by atoms with Gasteiger partial charge < -0.3 is 4.74 Å². The molecular formula is C20H40O. The van der Waals surface area contributed by atoms with Crippen molar-refractivity contribution in [1.29, 1.82) is 0 Å². The topological polar surface area (TPSA) is 9.23 Å². The van der Waals surface area contributed by atoms with Crippen molar-refractivity contribution < 1.29 is 4.74 Å². The van der Waals surface area contributed by atoms with Gasteiger partial charge in [-0.2, -0.15) is 0 Å². The van der Waals surface area contributed by atoms with Crippen LogP contribution in [-0.4, -0.2) is 6.61 Å². The smallest absolute Gasteiger partial charge is 0.0876 e. The van der Waals surface area contributed by atoms with E-state index >= 15 is 0 Å². The molecule has 0 aromatic heterocycles. The minimum absolute atomic E-state index is 0.848. The molecule has 0 aromatic carbocycles. The molecule has 21 heavy (non-hydrogen) atoms. The Morgan fingerprint density at radius 3 is 1.29 bits per heavy atom. The van der Waals surface area contributed by atoms with Gasteiger partial charge in [-0.25, -0.2) is 0 Å². The highest BCUT2D eigenvalue weighted by molar-refractivity contribution is 4.73. The molecule has 0 fully saturated rings. The predicted octanol–water partition coefficient (Wildman–Crippen LogP) is 7.41. The van der Waals surface area contributed by atoms with Crippen LogP contribution in [0.4, 0.5) is 0 Å². The van der Waals surface area contributed by atoms with Crippen molar-refractivity contribution in [1.82, 2.24) is 0 Å². The van der Waals surface area contributed by atoms with Crippen LogP contribution in [0.2, 0.25) is 0 Å². The Bertz CT molecular complexity index is 210. The van der Waals surface area contributed by atoms with Gasteiger partial charge in [-0.3, -0.25) is 0 Å². The quantitative estimate of drug-likeness (QED) is 0.200. The molecule has 0 rings (SSSR count). The molecular weight excluding hydrogens is 256 g/mol. The first-order valence-electron chi connectivity index (χ1n) is 9.55. The molecule has 1 nitrogen and oxygen atoms in total. The molecule has 0 spiro atoms. The van der Waals surface area contributed by atoms with Crippen molar-refractivity contribution >= 4 is 0 Å². The van der Waals surface area contributed by atoms with Crippen LogP contribution in [0.5, 0.6) is 0 Å². The van der Waals surface area contributed by atoms with Crippen LogP contribution in [0, 0.1) is 0 Å². The molecule has 0 saturated heterocycles. The summed E-state index contributed by atoms with van der Waals surface area (Å²) in [5.74, 6) is 0.848. The van der Waals surface area contributed by atoms with E-state index in [1.807, 2.05) is 6.92 Å². The first-order valence-corrected chi connectivity index (χ1v) is 9.55. The molecule has 0 amide bonds. The summed E-state index contributed by atoms with van der Waals surface area (Å²) in [6.07, 6.45) is 21.2. The lowest BCUT2D eigenvalue weighted by atomic mass is 10.0. The molecule has 0 aromatic rings. The van der Waals surface area contributed by atoms with Crippen molar-refractivity contribution in [3.05, 3.63) is 12.3 Å². The lowest BCUT2D eigenvalue weighted by Crippen LogP contribution is -1.91. The first kappa shape index (κ1) is 20.5. The molecule has 1 heteroatoms. The summed E-state index contributed by atoms with van der Waals surface area (Å²) < 4.78 is 5.36. The second kappa shape index (κ2) is 17.6. The van der Waals surface area contributed by atoms with E-state index in [1.165, 1.54) is 96.3 Å². The summed E-state index contributed by atoms with van der Waals surface area (Å²) in [7, 11) is 0. The fourth-order valence-electron chi connectivity index (χ4n) is 2.72. The largest absolute Gasteiger partial charge is 0.499 e. The number of hydrogen-bond donors (Lipinski definition) is 0. The van der Waals surface area contributed by atoms with Crippen LogP contribution in [-0.2, 0) is 4.74 Å². The van der Waals surface area contributed by atoms with Crippen molar-refractivity contribution in [2.75, 3.05) is 6.61 Å². The predicted molar refractivity (Wildman–Crippen MR) is 95.7 cm³/mol.